The van der Waals surface area contributed by atoms with E-state index in [1.807, 2.05) is 6.07 Å². The predicted octanol–water partition coefficient (Wildman–Crippen LogP) is 4.58. The highest BCUT2D eigenvalue weighted by atomic mass is 35.5. The first-order chi connectivity index (χ1) is 15.4. The van der Waals surface area contributed by atoms with E-state index in [4.69, 9.17) is 21.1 Å². The molecule has 0 saturated heterocycles. The Bertz CT molecular complexity index is 1190. The van der Waals surface area contributed by atoms with E-state index < -0.39 is 15.9 Å². The molecule has 32 heavy (non-hydrogen) atoms. The van der Waals surface area contributed by atoms with Crippen LogP contribution in [-0.2, 0) is 14.8 Å². The van der Waals surface area contributed by atoms with E-state index in [2.05, 4.69) is 5.32 Å². The molecule has 0 unspecified atom stereocenters. The first-order valence-electron chi connectivity index (χ1n) is 9.79. The van der Waals surface area contributed by atoms with Gasteiger partial charge in [0.2, 0.25) is 0 Å². The van der Waals surface area contributed by atoms with Crippen LogP contribution in [0.3, 0.4) is 0 Å². The van der Waals surface area contributed by atoms with Crippen LogP contribution in [0.15, 0.2) is 77.7 Å². The van der Waals surface area contributed by atoms with Crippen LogP contribution >= 0.6 is 11.6 Å². The zero-order valence-corrected chi connectivity index (χ0v) is 19.2. The molecule has 0 atom stereocenters. The standard InChI is InChI=1S/C23H23ClN2O5S/c1-3-26(17-9-5-4-6-10-17)32(28,29)18-13-14-22(30-2)20(15-18)25-23(27)16-31-21-12-8-7-11-19(21)24/h4-15H,3,16H2,1-2H3,(H,25,27). The average Bonchev–Trinajstić information content (AvgIpc) is 2.79. The fourth-order valence-electron chi connectivity index (χ4n) is 3.05. The largest absolute Gasteiger partial charge is 0.495 e. The molecular formula is C23H23ClN2O5S. The molecule has 168 valence electrons. The number of ether oxygens (including phenoxy) is 2. The van der Waals surface area contributed by atoms with Crippen molar-refractivity contribution in [3.8, 4) is 11.5 Å². The van der Waals surface area contributed by atoms with Crippen molar-refractivity contribution in [2.24, 2.45) is 0 Å². The number of anilines is 2. The summed E-state index contributed by atoms with van der Waals surface area (Å²) in [6.07, 6.45) is 0. The number of nitrogens with one attached hydrogen (secondary N) is 1. The molecule has 7 nitrogen and oxygen atoms in total. The maximum atomic E-state index is 13.3. The van der Waals surface area contributed by atoms with Gasteiger partial charge in [-0.25, -0.2) is 8.42 Å². The van der Waals surface area contributed by atoms with E-state index in [9.17, 15) is 13.2 Å². The fourth-order valence-corrected chi connectivity index (χ4v) is 4.74. The molecule has 1 N–H and O–H groups in total. The van der Waals surface area contributed by atoms with Crippen LogP contribution in [0.4, 0.5) is 11.4 Å². The van der Waals surface area contributed by atoms with Gasteiger partial charge >= 0.3 is 0 Å². The smallest absolute Gasteiger partial charge is 0.264 e. The van der Waals surface area contributed by atoms with Crippen molar-refractivity contribution in [2.75, 3.05) is 29.9 Å². The van der Waals surface area contributed by atoms with Crippen LogP contribution < -0.4 is 19.1 Å². The molecule has 0 aliphatic carbocycles. The first kappa shape index (κ1) is 23.4. The molecule has 0 radical (unpaired) electrons. The second-order valence-corrected chi connectivity index (χ2v) is 8.90. The zero-order chi connectivity index (χ0) is 23.1. The lowest BCUT2D eigenvalue weighted by molar-refractivity contribution is -0.118. The summed E-state index contributed by atoms with van der Waals surface area (Å²) in [6.45, 7) is 1.68. The summed E-state index contributed by atoms with van der Waals surface area (Å²) in [6, 6.07) is 19.9. The number of benzene rings is 3. The summed E-state index contributed by atoms with van der Waals surface area (Å²) in [4.78, 5) is 12.5. The Kier molecular flexibility index (Phi) is 7.61. The molecule has 3 aromatic rings. The van der Waals surface area contributed by atoms with E-state index in [1.165, 1.54) is 29.6 Å². The minimum atomic E-state index is -3.87. The number of carbonyl (C=O) groups is 1. The topological polar surface area (TPSA) is 84.9 Å². The zero-order valence-electron chi connectivity index (χ0n) is 17.6. The Hall–Kier alpha value is -3.23. The average molecular weight is 475 g/mol. The van der Waals surface area contributed by atoms with Gasteiger partial charge in [0.1, 0.15) is 11.5 Å². The number of methoxy groups -OCH3 is 1. The Morgan fingerprint density at radius 3 is 2.34 bits per heavy atom. The Morgan fingerprint density at radius 1 is 1.00 bits per heavy atom. The number of carbonyl (C=O) groups excluding carboxylic acids is 1. The summed E-state index contributed by atoms with van der Waals surface area (Å²) in [5.74, 6) is 0.194. The van der Waals surface area contributed by atoms with Crippen molar-refractivity contribution < 1.29 is 22.7 Å². The highest BCUT2D eigenvalue weighted by molar-refractivity contribution is 7.92. The van der Waals surface area contributed by atoms with Crippen LogP contribution in [0.2, 0.25) is 5.02 Å². The van der Waals surface area contributed by atoms with Gasteiger partial charge in [0, 0.05) is 6.54 Å². The Balaban J connectivity index is 1.83. The molecule has 3 aromatic carbocycles. The van der Waals surface area contributed by atoms with Crippen LogP contribution in [0.5, 0.6) is 11.5 Å². The number of para-hydroxylation sites is 2. The SMILES string of the molecule is CCN(c1ccccc1)S(=O)(=O)c1ccc(OC)c(NC(=O)COc2ccccc2Cl)c1. The number of sulfonamides is 1. The number of amides is 1. The van der Waals surface area contributed by atoms with Gasteiger partial charge in [-0.05, 0) is 49.4 Å². The molecule has 0 fully saturated rings. The first-order valence-corrected chi connectivity index (χ1v) is 11.6. The van der Waals surface area contributed by atoms with E-state index >= 15 is 0 Å². The Labute approximate surface area is 192 Å². The van der Waals surface area contributed by atoms with Gasteiger partial charge in [-0.3, -0.25) is 9.10 Å². The van der Waals surface area contributed by atoms with E-state index in [1.54, 1.807) is 55.5 Å². The van der Waals surface area contributed by atoms with Crippen LogP contribution in [0.25, 0.3) is 0 Å². The number of halogens is 1. The van der Waals surface area contributed by atoms with Crippen molar-refractivity contribution >= 4 is 38.9 Å². The number of hydrogen-bond acceptors (Lipinski definition) is 5. The van der Waals surface area contributed by atoms with Gasteiger partial charge in [-0.15, -0.1) is 0 Å². The summed E-state index contributed by atoms with van der Waals surface area (Å²) in [7, 11) is -2.44. The third-order valence-corrected chi connectivity index (χ3v) is 6.77. The molecule has 0 spiro atoms. The number of rotatable bonds is 9. The van der Waals surface area contributed by atoms with Gasteiger partial charge in [-0.2, -0.15) is 0 Å². The lowest BCUT2D eigenvalue weighted by atomic mass is 10.3. The molecule has 1 amide bonds. The van der Waals surface area contributed by atoms with E-state index in [0.717, 1.165) is 0 Å². The molecule has 0 heterocycles. The molecule has 0 aliphatic heterocycles. The molecule has 0 aliphatic rings. The lowest BCUT2D eigenvalue weighted by Crippen LogP contribution is -2.30. The predicted molar refractivity (Wildman–Crippen MR) is 125 cm³/mol. The van der Waals surface area contributed by atoms with Gasteiger partial charge in [0.15, 0.2) is 6.61 Å². The highest BCUT2D eigenvalue weighted by Gasteiger charge is 2.25. The third kappa shape index (κ3) is 5.33. The second kappa shape index (κ2) is 10.4. The highest BCUT2D eigenvalue weighted by Crippen LogP contribution is 2.31. The van der Waals surface area contributed by atoms with Crippen molar-refractivity contribution in [3.05, 3.63) is 77.8 Å². The molecular weight excluding hydrogens is 452 g/mol. The maximum Gasteiger partial charge on any atom is 0.264 e. The molecule has 0 bridgehead atoms. The van der Waals surface area contributed by atoms with Crippen LogP contribution in [0.1, 0.15) is 6.92 Å². The summed E-state index contributed by atoms with van der Waals surface area (Å²) < 4.78 is 38.6. The van der Waals surface area contributed by atoms with Gasteiger partial charge in [0.25, 0.3) is 15.9 Å². The number of hydrogen-bond donors (Lipinski definition) is 1. The van der Waals surface area contributed by atoms with Crippen molar-refractivity contribution in [1.82, 2.24) is 0 Å². The fraction of sp³-hybridized carbons (Fsp3) is 0.174. The van der Waals surface area contributed by atoms with Crippen molar-refractivity contribution in [3.63, 3.8) is 0 Å². The van der Waals surface area contributed by atoms with Crippen molar-refractivity contribution in [1.29, 1.82) is 0 Å². The van der Waals surface area contributed by atoms with E-state index in [0.29, 0.717) is 22.2 Å². The van der Waals surface area contributed by atoms with Crippen molar-refractivity contribution in [2.45, 2.75) is 11.8 Å². The normalized spacial score (nSPS) is 11.0. The van der Waals surface area contributed by atoms with Gasteiger partial charge < -0.3 is 14.8 Å². The quantitative estimate of drug-likeness (QED) is 0.490. The van der Waals surface area contributed by atoms with E-state index in [-0.39, 0.29) is 23.7 Å². The van der Waals surface area contributed by atoms with Gasteiger partial charge in [0.05, 0.1) is 28.4 Å². The summed E-state index contributed by atoms with van der Waals surface area (Å²) >= 11 is 6.03. The van der Waals surface area contributed by atoms with Crippen LogP contribution in [0, 0.1) is 0 Å². The maximum absolute atomic E-state index is 13.3. The summed E-state index contributed by atoms with van der Waals surface area (Å²) in [5, 5.41) is 3.03. The molecule has 3 rings (SSSR count). The Morgan fingerprint density at radius 2 is 1.69 bits per heavy atom. The third-order valence-electron chi connectivity index (χ3n) is 4.56. The summed E-state index contributed by atoms with van der Waals surface area (Å²) in [5.41, 5.74) is 0.759. The minimum absolute atomic E-state index is 0.0197. The molecule has 0 saturated carbocycles. The second-order valence-electron chi connectivity index (χ2n) is 6.63. The van der Waals surface area contributed by atoms with Gasteiger partial charge in [-0.1, -0.05) is 41.9 Å². The minimum Gasteiger partial charge on any atom is -0.495 e. The number of nitrogens with zero attached hydrogens (tertiary/aromatic N) is 1. The lowest BCUT2D eigenvalue weighted by Gasteiger charge is -2.23. The van der Waals surface area contributed by atoms with Crippen LogP contribution in [-0.4, -0.2) is 34.6 Å². The monoisotopic (exact) mass is 474 g/mol. The molecule has 9 heteroatoms. The molecule has 0 aromatic heterocycles.